The summed E-state index contributed by atoms with van der Waals surface area (Å²) >= 11 is 0. The van der Waals surface area contributed by atoms with E-state index >= 15 is 0 Å². The van der Waals surface area contributed by atoms with Gasteiger partial charge in [0.2, 0.25) is 0 Å². The van der Waals surface area contributed by atoms with Crippen LogP contribution in [0.25, 0.3) is 11.5 Å². The van der Waals surface area contributed by atoms with E-state index in [9.17, 15) is 0 Å². The number of aromatic nitrogens is 2. The molecule has 0 spiro atoms. The first kappa shape index (κ1) is 13.2. The van der Waals surface area contributed by atoms with Gasteiger partial charge in [-0.05, 0) is 17.7 Å². The van der Waals surface area contributed by atoms with E-state index in [1.165, 1.54) is 0 Å². The topological polar surface area (TPSA) is 74.2 Å². The van der Waals surface area contributed by atoms with Gasteiger partial charge in [-0.3, -0.25) is 0 Å². The molecule has 0 radical (unpaired) electrons. The highest BCUT2D eigenvalue weighted by Gasteiger charge is 2.14. The van der Waals surface area contributed by atoms with Gasteiger partial charge in [0.15, 0.2) is 5.82 Å². The van der Waals surface area contributed by atoms with E-state index in [0.29, 0.717) is 29.6 Å². The summed E-state index contributed by atoms with van der Waals surface area (Å²) in [4.78, 5) is 4.42. The third-order valence-electron chi connectivity index (χ3n) is 3.13. The van der Waals surface area contributed by atoms with Crippen molar-refractivity contribution in [3.63, 3.8) is 0 Å². The van der Waals surface area contributed by atoms with Crippen LogP contribution < -0.4 is 10.5 Å². The third kappa shape index (κ3) is 2.86. The molecule has 0 bridgehead atoms. The van der Waals surface area contributed by atoms with Crippen molar-refractivity contribution in [1.82, 2.24) is 10.1 Å². The molecular formula is C16H15N3O2. The Balaban J connectivity index is 1.88. The first-order chi connectivity index (χ1) is 10.3. The Morgan fingerprint density at radius 2 is 1.95 bits per heavy atom. The molecule has 1 heterocycles. The van der Waals surface area contributed by atoms with Crippen molar-refractivity contribution in [2.45, 2.75) is 6.42 Å². The maximum atomic E-state index is 5.74. The Bertz CT molecular complexity index is 738. The average molecular weight is 281 g/mol. The number of rotatable bonds is 4. The van der Waals surface area contributed by atoms with Gasteiger partial charge in [-0.25, -0.2) is 0 Å². The summed E-state index contributed by atoms with van der Waals surface area (Å²) in [5.74, 6) is 1.68. The molecule has 0 aliphatic heterocycles. The molecule has 5 nitrogen and oxygen atoms in total. The van der Waals surface area contributed by atoms with Gasteiger partial charge in [-0.2, -0.15) is 4.98 Å². The molecule has 3 aromatic rings. The second kappa shape index (κ2) is 5.66. The lowest BCUT2D eigenvalue weighted by molar-refractivity contribution is 0.403. The fourth-order valence-electron chi connectivity index (χ4n) is 2.10. The summed E-state index contributed by atoms with van der Waals surface area (Å²) in [6.45, 7) is 0. The molecule has 3 rings (SSSR count). The number of nitrogens with two attached hydrogens (primary N) is 1. The Kier molecular flexibility index (Phi) is 3.55. The van der Waals surface area contributed by atoms with E-state index in [1.807, 2.05) is 36.4 Å². The predicted molar refractivity (Wildman–Crippen MR) is 79.9 cm³/mol. The Hall–Kier alpha value is -2.82. The molecule has 0 atom stereocenters. The van der Waals surface area contributed by atoms with Crippen molar-refractivity contribution in [2.24, 2.45) is 0 Å². The molecule has 0 amide bonds. The van der Waals surface area contributed by atoms with E-state index in [2.05, 4.69) is 10.1 Å². The minimum absolute atomic E-state index is 0.429. The fourth-order valence-corrected chi connectivity index (χ4v) is 2.10. The summed E-state index contributed by atoms with van der Waals surface area (Å²) in [6.07, 6.45) is 0.627. The van der Waals surface area contributed by atoms with Gasteiger partial charge in [-0.15, -0.1) is 0 Å². The van der Waals surface area contributed by atoms with Crippen LogP contribution in [0.3, 0.4) is 0 Å². The van der Waals surface area contributed by atoms with Gasteiger partial charge in [0, 0.05) is 18.2 Å². The highest BCUT2D eigenvalue weighted by molar-refractivity contribution is 5.66. The van der Waals surface area contributed by atoms with Crippen LogP contribution in [-0.2, 0) is 6.42 Å². The van der Waals surface area contributed by atoms with Crippen LogP contribution in [0.5, 0.6) is 5.75 Å². The van der Waals surface area contributed by atoms with Gasteiger partial charge < -0.3 is 15.0 Å². The van der Waals surface area contributed by atoms with Crippen LogP contribution in [0, 0.1) is 0 Å². The van der Waals surface area contributed by atoms with Crippen LogP contribution in [0.15, 0.2) is 53.1 Å². The van der Waals surface area contributed by atoms with Crippen LogP contribution in [0.4, 0.5) is 5.69 Å². The number of nitrogens with zero attached hydrogens (tertiary/aromatic N) is 2. The zero-order valence-electron chi connectivity index (χ0n) is 11.6. The lowest BCUT2D eigenvalue weighted by Crippen LogP contribution is -1.92. The van der Waals surface area contributed by atoms with Gasteiger partial charge in [-0.1, -0.05) is 35.5 Å². The molecule has 2 N–H and O–H groups in total. The van der Waals surface area contributed by atoms with Crippen molar-refractivity contribution in [2.75, 3.05) is 12.8 Å². The zero-order valence-corrected chi connectivity index (χ0v) is 11.6. The lowest BCUT2D eigenvalue weighted by atomic mass is 10.1. The number of benzene rings is 2. The number of methoxy groups -OCH3 is 1. The minimum atomic E-state index is 0.429. The fraction of sp³-hybridized carbons (Fsp3) is 0.125. The molecule has 2 aromatic carbocycles. The third-order valence-corrected chi connectivity index (χ3v) is 3.13. The first-order valence-corrected chi connectivity index (χ1v) is 6.56. The Morgan fingerprint density at radius 3 is 2.71 bits per heavy atom. The molecule has 1 aromatic heterocycles. The maximum absolute atomic E-state index is 5.74. The second-order valence-electron chi connectivity index (χ2n) is 4.64. The Labute approximate surface area is 122 Å². The van der Waals surface area contributed by atoms with Crippen molar-refractivity contribution in [3.05, 3.63) is 59.9 Å². The van der Waals surface area contributed by atoms with Crippen molar-refractivity contribution < 1.29 is 9.26 Å². The first-order valence-electron chi connectivity index (χ1n) is 6.56. The van der Waals surface area contributed by atoms with Crippen molar-refractivity contribution in [1.29, 1.82) is 0 Å². The molecule has 0 aliphatic rings. The van der Waals surface area contributed by atoms with E-state index in [4.69, 9.17) is 15.0 Å². The van der Waals surface area contributed by atoms with Gasteiger partial charge >= 0.3 is 0 Å². The largest absolute Gasteiger partial charge is 0.496 e. The average Bonchev–Trinajstić information content (AvgIpc) is 2.96. The van der Waals surface area contributed by atoms with Gasteiger partial charge in [0.05, 0.1) is 12.7 Å². The maximum Gasteiger partial charge on any atom is 0.261 e. The van der Waals surface area contributed by atoms with Crippen LogP contribution >= 0.6 is 0 Å². The second-order valence-corrected chi connectivity index (χ2v) is 4.64. The monoisotopic (exact) mass is 281 g/mol. The molecule has 106 valence electrons. The summed E-state index contributed by atoms with van der Waals surface area (Å²) in [7, 11) is 1.58. The Morgan fingerprint density at radius 1 is 1.14 bits per heavy atom. The SMILES string of the molecule is COc1cc(N)ccc1-c1nc(Cc2ccccc2)no1. The highest BCUT2D eigenvalue weighted by Crippen LogP contribution is 2.30. The summed E-state index contributed by atoms with van der Waals surface area (Å²) in [5.41, 5.74) is 8.23. The quantitative estimate of drug-likeness (QED) is 0.744. The summed E-state index contributed by atoms with van der Waals surface area (Å²) in [6, 6.07) is 15.3. The molecule has 21 heavy (non-hydrogen) atoms. The number of ether oxygens (including phenoxy) is 1. The molecular weight excluding hydrogens is 266 g/mol. The molecule has 5 heteroatoms. The van der Waals surface area contributed by atoms with Crippen LogP contribution in [-0.4, -0.2) is 17.3 Å². The van der Waals surface area contributed by atoms with Crippen molar-refractivity contribution in [3.8, 4) is 17.2 Å². The standard InChI is InChI=1S/C16H15N3O2/c1-20-14-10-12(17)7-8-13(14)16-18-15(19-21-16)9-11-5-3-2-4-6-11/h2-8,10H,9,17H2,1H3. The molecule has 0 saturated carbocycles. The molecule has 0 saturated heterocycles. The number of nitrogen functional groups attached to an aromatic ring is 1. The van der Waals surface area contributed by atoms with Crippen LogP contribution in [0.2, 0.25) is 0 Å². The smallest absolute Gasteiger partial charge is 0.261 e. The van der Waals surface area contributed by atoms with Crippen LogP contribution in [0.1, 0.15) is 11.4 Å². The lowest BCUT2D eigenvalue weighted by Gasteiger charge is -2.05. The van der Waals surface area contributed by atoms with Gasteiger partial charge in [0.1, 0.15) is 5.75 Å². The van der Waals surface area contributed by atoms with E-state index in [0.717, 1.165) is 11.1 Å². The minimum Gasteiger partial charge on any atom is -0.496 e. The highest BCUT2D eigenvalue weighted by atomic mass is 16.5. The number of anilines is 1. The molecule has 0 unspecified atom stereocenters. The van der Waals surface area contributed by atoms with Crippen molar-refractivity contribution >= 4 is 5.69 Å². The van der Waals surface area contributed by atoms with E-state index in [1.54, 1.807) is 19.2 Å². The normalized spacial score (nSPS) is 10.5. The van der Waals surface area contributed by atoms with E-state index in [-0.39, 0.29) is 0 Å². The molecule has 0 aliphatic carbocycles. The predicted octanol–water partition coefficient (Wildman–Crippen LogP) is 2.92. The molecule has 0 fully saturated rings. The summed E-state index contributed by atoms with van der Waals surface area (Å²) < 4.78 is 10.6. The number of hydrogen-bond acceptors (Lipinski definition) is 5. The van der Waals surface area contributed by atoms with E-state index < -0.39 is 0 Å². The number of hydrogen-bond donors (Lipinski definition) is 1. The van der Waals surface area contributed by atoms with Gasteiger partial charge in [0.25, 0.3) is 5.89 Å². The summed E-state index contributed by atoms with van der Waals surface area (Å²) in [5, 5.41) is 4.01. The zero-order chi connectivity index (χ0) is 14.7.